The third-order valence-electron chi connectivity index (χ3n) is 7.38. The van der Waals surface area contributed by atoms with E-state index in [-0.39, 0.29) is 11.6 Å². The Kier molecular flexibility index (Phi) is 5.16. The molecule has 1 spiro atoms. The van der Waals surface area contributed by atoms with E-state index in [2.05, 4.69) is 10.4 Å². The number of esters is 1. The summed E-state index contributed by atoms with van der Waals surface area (Å²) in [6, 6.07) is 17.0. The van der Waals surface area contributed by atoms with E-state index >= 15 is 0 Å². The number of rotatable bonds is 4. The quantitative estimate of drug-likeness (QED) is 0.585. The Morgan fingerprint density at radius 1 is 0.971 bits per heavy atom. The maximum Gasteiger partial charge on any atom is 0.359 e. The molecule has 1 aliphatic heterocycles. The van der Waals surface area contributed by atoms with Gasteiger partial charge in [-0.05, 0) is 56.4 Å². The van der Waals surface area contributed by atoms with E-state index in [0.29, 0.717) is 24.2 Å². The summed E-state index contributed by atoms with van der Waals surface area (Å²) < 4.78 is 7.34. The molecule has 6 rings (SSSR count). The van der Waals surface area contributed by atoms with E-state index in [0.717, 1.165) is 49.0 Å². The first kappa shape index (κ1) is 21.6. The number of anilines is 2. The summed E-state index contributed by atoms with van der Waals surface area (Å²) in [5, 5.41) is 7.53. The van der Waals surface area contributed by atoms with E-state index in [1.807, 2.05) is 48.5 Å². The molecule has 2 aliphatic carbocycles. The summed E-state index contributed by atoms with van der Waals surface area (Å²) >= 11 is 0. The first-order valence-electron chi connectivity index (χ1n) is 12.2. The van der Waals surface area contributed by atoms with Gasteiger partial charge in [-0.25, -0.2) is 9.48 Å². The van der Waals surface area contributed by atoms with Gasteiger partial charge in [-0.15, -0.1) is 0 Å². The van der Waals surface area contributed by atoms with Crippen molar-refractivity contribution in [3.63, 3.8) is 0 Å². The summed E-state index contributed by atoms with van der Waals surface area (Å²) in [6.45, 7) is -0.449. The molecule has 0 bridgehead atoms. The van der Waals surface area contributed by atoms with Crippen molar-refractivity contribution in [2.75, 3.05) is 16.8 Å². The Bertz CT molecular complexity index is 1320. The molecule has 0 radical (unpaired) electrons. The van der Waals surface area contributed by atoms with Crippen LogP contribution in [0.25, 0.3) is 5.69 Å². The molecule has 1 saturated carbocycles. The molecule has 1 N–H and O–H groups in total. The number of ether oxygens (including phenoxy) is 1. The fraction of sp³-hybridized carbons (Fsp3) is 0.333. The molecule has 0 saturated heterocycles. The highest BCUT2D eigenvalue weighted by atomic mass is 16.5. The maximum atomic E-state index is 13.5. The molecular weight excluding hydrogens is 444 g/mol. The van der Waals surface area contributed by atoms with E-state index in [1.54, 1.807) is 15.6 Å². The predicted molar refractivity (Wildman–Crippen MR) is 130 cm³/mol. The van der Waals surface area contributed by atoms with Crippen LogP contribution in [0.1, 0.15) is 53.8 Å². The zero-order valence-electron chi connectivity index (χ0n) is 19.3. The number of carbonyl (C=O) groups is 3. The molecule has 2 aromatic carbocycles. The van der Waals surface area contributed by atoms with Crippen molar-refractivity contribution in [2.24, 2.45) is 0 Å². The largest absolute Gasteiger partial charge is 0.451 e. The number of hydrogen-bond donors (Lipinski definition) is 1. The first-order valence-corrected chi connectivity index (χ1v) is 12.2. The minimum Gasteiger partial charge on any atom is -0.451 e. The SMILES string of the molecule is O=C(OCC(=O)N1c2ccccc2NC(=O)C12CCCC2)c1nn(-c2ccccc2)c2c1CCC2. The molecule has 3 aliphatic rings. The molecule has 1 fully saturated rings. The number of amides is 2. The van der Waals surface area contributed by atoms with Gasteiger partial charge >= 0.3 is 5.97 Å². The Balaban J connectivity index is 1.26. The van der Waals surface area contributed by atoms with Crippen LogP contribution in [0.5, 0.6) is 0 Å². The van der Waals surface area contributed by atoms with Crippen molar-refractivity contribution in [1.82, 2.24) is 9.78 Å². The van der Waals surface area contributed by atoms with Gasteiger partial charge in [0.25, 0.3) is 11.8 Å². The molecule has 8 heteroatoms. The minimum absolute atomic E-state index is 0.173. The normalized spacial score (nSPS) is 17.7. The molecule has 8 nitrogen and oxygen atoms in total. The molecule has 3 aromatic rings. The summed E-state index contributed by atoms with van der Waals surface area (Å²) in [4.78, 5) is 41.3. The van der Waals surface area contributed by atoms with Crippen molar-refractivity contribution in [1.29, 1.82) is 0 Å². The third kappa shape index (κ3) is 3.43. The van der Waals surface area contributed by atoms with Crippen LogP contribution in [0.2, 0.25) is 0 Å². The lowest BCUT2D eigenvalue weighted by Gasteiger charge is -2.44. The Hall–Kier alpha value is -3.94. The maximum absolute atomic E-state index is 13.5. The molecule has 35 heavy (non-hydrogen) atoms. The van der Waals surface area contributed by atoms with Crippen LogP contribution in [-0.2, 0) is 27.2 Å². The van der Waals surface area contributed by atoms with E-state index < -0.39 is 24.0 Å². The van der Waals surface area contributed by atoms with E-state index in [4.69, 9.17) is 4.74 Å². The van der Waals surface area contributed by atoms with Gasteiger partial charge in [0.1, 0.15) is 5.54 Å². The standard InChI is InChI=1S/C27H26N4O4/c32-23(30-22-13-5-4-12-20(22)28-26(34)27(30)15-6-7-16-27)17-35-25(33)24-19-11-8-14-21(19)31(29-24)18-9-2-1-3-10-18/h1-5,9-10,12-13H,6-8,11,14-17H2,(H,28,34). The van der Waals surface area contributed by atoms with Crippen molar-refractivity contribution < 1.29 is 19.1 Å². The molecule has 2 heterocycles. The van der Waals surface area contributed by atoms with Crippen molar-refractivity contribution in [2.45, 2.75) is 50.5 Å². The van der Waals surface area contributed by atoms with Crippen LogP contribution in [0.15, 0.2) is 54.6 Å². The molecular formula is C27H26N4O4. The zero-order valence-corrected chi connectivity index (χ0v) is 19.3. The van der Waals surface area contributed by atoms with Gasteiger partial charge in [0.2, 0.25) is 0 Å². The smallest absolute Gasteiger partial charge is 0.359 e. The molecule has 0 unspecified atom stereocenters. The van der Waals surface area contributed by atoms with Gasteiger partial charge in [-0.1, -0.05) is 43.2 Å². The highest BCUT2D eigenvalue weighted by molar-refractivity contribution is 6.15. The summed E-state index contributed by atoms with van der Waals surface area (Å²) in [5.74, 6) is -1.18. The molecule has 1 aromatic heterocycles. The third-order valence-corrected chi connectivity index (χ3v) is 7.38. The first-order chi connectivity index (χ1) is 17.1. The number of nitrogens with zero attached hydrogens (tertiary/aromatic N) is 3. The highest BCUT2D eigenvalue weighted by Gasteiger charge is 2.52. The van der Waals surface area contributed by atoms with Gasteiger partial charge < -0.3 is 10.1 Å². The number of carbonyl (C=O) groups excluding carboxylic acids is 3. The lowest BCUT2D eigenvalue weighted by Crippen LogP contribution is -2.61. The second-order valence-electron chi connectivity index (χ2n) is 9.39. The molecule has 178 valence electrons. The predicted octanol–water partition coefficient (Wildman–Crippen LogP) is 3.82. The van der Waals surface area contributed by atoms with Crippen molar-refractivity contribution >= 4 is 29.2 Å². The van der Waals surface area contributed by atoms with Gasteiger partial charge in [0.15, 0.2) is 12.3 Å². The van der Waals surface area contributed by atoms with Gasteiger partial charge in [-0.3, -0.25) is 14.5 Å². The van der Waals surface area contributed by atoms with E-state index in [1.165, 1.54) is 0 Å². The lowest BCUT2D eigenvalue weighted by molar-refractivity contribution is -0.129. The number of hydrogen-bond acceptors (Lipinski definition) is 5. The number of fused-ring (bicyclic) bond motifs is 2. The van der Waals surface area contributed by atoms with Gasteiger partial charge in [0.05, 0.1) is 17.1 Å². The number of aromatic nitrogens is 2. The lowest BCUT2D eigenvalue weighted by atomic mass is 9.90. The van der Waals surface area contributed by atoms with Crippen LogP contribution < -0.4 is 10.2 Å². The Labute approximate surface area is 202 Å². The van der Waals surface area contributed by atoms with Crippen molar-refractivity contribution in [3.8, 4) is 5.69 Å². The van der Waals surface area contributed by atoms with Gasteiger partial charge in [-0.2, -0.15) is 5.10 Å². The number of para-hydroxylation sites is 3. The Morgan fingerprint density at radius 2 is 1.71 bits per heavy atom. The van der Waals surface area contributed by atoms with Crippen LogP contribution >= 0.6 is 0 Å². The highest BCUT2D eigenvalue weighted by Crippen LogP contribution is 2.45. The van der Waals surface area contributed by atoms with Gasteiger partial charge in [0, 0.05) is 11.3 Å². The second kappa shape index (κ2) is 8.37. The fourth-order valence-corrected chi connectivity index (χ4v) is 5.77. The monoisotopic (exact) mass is 470 g/mol. The minimum atomic E-state index is -0.937. The zero-order chi connectivity index (χ0) is 24.0. The van der Waals surface area contributed by atoms with Crippen LogP contribution in [0.3, 0.4) is 0 Å². The summed E-state index contributed by atoms with van der Waals surface area (Å²) in [7, 11) is 0. The van der Waals surface area contributed by atoms with Crippen LogP contribution in [0, 0.1) is 0 Å². The number of nitrogens with one attached hydrogen (secondary N) is 1. The average Bonchev–Trinajstić information content (AvgIpc) is 3.62. The number of benzene rings is 2. The second-order valence-corrected chi connectivity index (χ2v) is 9.39. The van der Waals surface area contributed by atoms with Crippen LogP contribution in [-0.4, -0.2) is 39.7 Å². The topological polar surface area (TPSA) is 93.5 Å². The average molecular weight is 471 g/mol. The van der Waals surface area contributed by atoms with Crippen molar-refractivity contribution in [3.05, 3.63) is 71.5 Å². The fourth-order valence-electron chi connectivity index (χ4n) is 5.77. The summed E-state index contributed by atoms with van der Waals surface area (Å²) in [5.41, 5.74) is 3.36. The molecule has 2 amide bonds. The van der Waals surface area contributed by atoms with E-state index in [9.17, 15) is 14.4 Å². The molecule has 0 atom stereocenters. The van der Waals surface area contributed by atoms with Crippen LogP contribution in [0.4, 0.5) is 11.4 Å². The Morgan fingerprint density at radius 3 is 2.51 bits per heavy atom. The summed E-state index contributed by atoms with van der Waals surface area (Å²) in [6.07, 6.45) is 5.44.